The predicted octanol–water partition coefficient (Wildman–Crippen LogP) is 2.79. The maximum Gasteiger partial charge on any atom is 0.325 e. The van der Waals surface area contributed by atoms with Gasteiger partial charge in [0.25, 0.3) is 10.0 Å². The molecule has 2 aromatic carbocycles. The van der Waals surface area contributed by atoms with Gasteiger partial charge in [-0.15, -0.1) is 4.40 Å². The lowest BCUT2D eigenvalue weighted by Gasteiger charge is -2.06. The first-order chi connectivity index (χ1) is 13.2. The first-order valence-corrected chi connectivity index (χ1v) is 10.6. The molecule has 0 aliphatic heterocycles. The number of aryl methyl sites for hydroxylation is 2. The summed E-state index contributed by atoms with van der Waals surface area (Å²) < 4.78 is 41.9. The lowest BCUT2D eigenvalue weighted by molar-refractivity contribution is -0.141. The molecule has 1 heterocycles. The van der Waals surface area contributed by atoms with Crippen molar-refractivity contribution in [3.05, 3.63) is 52.3 Å². The number of esters is 1. The molecule has 0 aliphatic rings. The van der Waals surface area contributed by atoms with E-state index < -0.39 is 16.0 Å². The molecule has 3 aromatic rings. The van der Waals surface area contributed by atoms with E-state index in [4.69, 9.17) is 9.47 Å². The third-order valence-electron chi connectivity index (χ3n) is 4.18. The van der Waals surface area contributed by atoms with Gasteiger partial charge in [0.05, 0.1) is 29.3 Å². The lowest BCUT2D eigenvalue weighted by atomic mass is 10.1. The molecule has 0 radical (unpaired) electrons. The zero-order valence-electron chi connectivity index (χ0n) is 15.9. The molecular formula is C19H20N2O5S2. The fourth-order valence-electron chi connectivity index (χ4n) is 2.83. The van der Waals surface area contributed by atoms with Crippen LogP contribution in [0.2, 0.25) is 0 Å². The van der Waals surface area contributed by atoms with E-state index in [0.29, 0.717) is 5.75 Å². The van der Waals surface area contributed by atoms with Crippen LogP contribution >= 0.6 is 11.3 Å². The molecule has 0 aliphatic carbocycles. The highest BCUT2D eigenvalue weighted by Gasteiger charge is 2.17. The molecule has 0 saturated carbocycles. The minimum atomic E-state index is -3.97. The number of ether oxygens (including phenoxy) is 2. The number of rotatable bonds is 5. The molecule has 0 N–H and O–H groups in total. The Morgan fingerprint density at radius 1 is 1.14 bits per heavy atom. The van der Waals surface area contributed by atoms with Crippen molar-refractivity contribution in [1.82, 2.24) is 4.57 Å². The number of aromatic nitrogens is 1. The monoisotopic (exact) mass is 420 g/mol. The molecule has 0 amide bonds. The molecule has 148 valence electrons. The largest absolute Gasteiger partial charge is 0.497 e. The van der Waals surface area contributed by atoms with Gasteiger partial charge in [0.2, 0.25) is 4.80 Å². The summed E-state index contributed by atoms with van der Waals surface area (Å²) >= 11 is 1.23. The summed E-state index contributed by atoms with van der Waals surface area (Å²) in [6.07, 6.45) is 0. The quantitative estimate of drug-likeness (QED) is 0.593. The highest BCUT2D eigenvalue weighted by Crippen LogP contribution is 2.24. The Labute approximate surface area is 166 Å². The standard InChI is InChI=1S/C19H20N2O5S2/c1-12-9-13(2)18-16(10-12)21(11-17(22)26-4)19(27-18)20-28(23,24)15-7-5-14(25-3)6-8-15/h5-10H,11H2,1-4H3. The summed E-state index contributed by atoms with van der Waals surface area (Å²) in [5, 5.41) is 0. The average Bonchev–Trinajstić information content (AvgIpc) is 2.98. The second-order valence-electron chi connectivity index (χ2n) is 6.22. The van der Waals surface area contributed by atoms with E-state index in [-0.39, 0.29) is 16.2 Å². The molecule has 0 bridgehead atoms. The van der Waals surface area contributed by atoms with E-state index in [1.807, 2.05) is 26.0 Å². The number of fused-ring (bicyclic) bond motifs is 1. The Hall–Kier alpha value is -2.65. The number of hydrogen-bond acceptors (Lipinski definition) is 6. The Balaban J connectivity index is 2.23. The van der Waals surface area contributed by atoms with Gasteiger partial charge in [0.1, 0.15) is 12.3 Å². The van der Waals surface area contributed by atoms with Gasteiger partial charge in [0.15, 0.2) is 0 Å². The summed E-state index contributed by atoms with van der Waals surface area (Å²) in [7, 11) is -1.17. The fraction of sp³-hybridized carbons (Fsp3) is 0.263. The number of methoxy groups -OCH3 is 2. The van der Waals surface area contributed by atoms with Crippen LogP contribution in [0.15, 0.2) is 45.7 Å². The van der Waals surface area contributed by atoms with E-state index >= 15 is 0 Å². The molecule has 7 nitrogen and oxygen atoms in total. The average molecular weight is 421 g/mol. The molecule has 0 spiro atoms. The van der Waals surface area contributed by atoms with Gasteiger partial charge in [0, 0.05) is 0 Å². The Bertz CT molecular complexity index is 1210. The normalized spacial score (nSPS) is 12.4. The number of nitrogens with zero attached hydrogens (tertiary/aromatic N) is 2. The van der Waals surface area contributed by atoms with Gasteiger partial charge < -0.3 is 14.0 Å². The van der Waals surface area contributed by atoms with E-state index in [2.05, 4.69) is 4.40 Å². The fourth-order valence-corrected chi connectivity index (χ4v) is 5.11. The van der Waals surface area contributed by atoms with E-state index in [1.54, 1.807) is 16.7 Å². The number of carbonyl (C=O) groups is 1. The van der Waals surface area contributed by atoms with Gasteiger partial charge in [-0.05, 0) is 55.3 Å². The molecule has 3 rings (SSSR count). The van der Waals surface area contributed by atoms with Crippen LogP contribution < -0.4 is 9.54 Å². The smallest absolute Gasteiger partial charge is 0.325 e. The molecular weight excluding hydrogens is 400 g/mol. The van der Waals surface area contributed by atoms with Crippen molar-refractivity contribution in [3.63, 3.8) is 0 Å². The lowest BCUT2D eigenvalue weighted by Crippen LogP contribution is -2.22. The van der Waals surface area contributed by atoms with Crippen LogP contribution in [0.4, 0.5) is 0 Å². The molecule has 1 aromatic heterocycles. The second-order valence-corrected chi connectivity index (χ2v) is 8.80. The Morgan fingerprint density at radius 2 is 1.82 bits per heavy atom. The van der Waals surface area contributed by atoms with Crippen LogP contribution in [0.1, 0.15) is 11.1 Å². The van der Waals surface area contributed by atoms with Crippen molar-refractivity contribution in [2.45, 2.75) is 25.3 Å². The molecule has 28 heavy (non-hydrogen) atoms. The minimum Gasteiger partial charge on any atom is -0.497 e. The van der Waals surface area contributed by atoms with Crippen LogP contribution in [0.3, 0.4) is 0 Å². The Kier molecular flexibility index (Phi) is 5.57. The van der Waals surface area contributed by atoms with E-state index in [9.17, 15) is 13.2 Å². The molecule has 0 fully saturated rings. The van der Waals surface area contributed by atoms with E-state index in [0.717, 1.165) is 21.3 Å². The van der Waals surface area contributed by atoms with Crippen LogP contribution in [0.5, 0.6) is 5.75 Å². The zero-order chi connectivity index (χ0) is 20.5. The summed E-state index contributed by atoms with van der Waals surface area (Å²) in [5.41, 5.74) is 2.74. The summed E-state index contributed by atoms with van der Waals surface area (Å²) in [4.78, 5) is 12.2. The number of carbonyl (C=O) groups excluding carboxylic acids is 1. The van der Waals surface area contributed by atoms with Gasteiger partial charge in [-0.2, -0.15) is 8.42 Å². The topological polar surface area (TPSA) is 87.0 Å². The van der Waals surface area contributed by atoms with Gasteiger partial charge in [-0.3, -0.25) is 4.79 Å². The van der Waals surface area contributed by atoms with Crippen LogP contribution in [-0.4, -0.2) is 33.2 Å². The maximum atomic E-state index is 12.8. The van der Waals surface area contributed by atoms with E-state index in [1.165, 1.54) is 37.7 Å². The van der Waals surface area contributed by atoms with Crippen molar-refractivity contribution in [2.24, 2.45) is 4.40 Å². The minimum absolute atomic E-state index is 0.0447. The summed E-state index contributed by atoms with van der Waals surface area (Å²) in [5.74, 6) is 0.0646. The highest BCUT2D eigenvalue weighted by molar-refractivity contribution is 7.90. The van der Waals surface area contributed by atoms with Crippen LogP contribution in [0.25, 0.3) is 10.2 Å². The molecule has 0 atom stereocenters. The third kappa shape index (κ3) is 3.95. The predicted molar refractivity (Wildman–Crippen MR) is 107 cm³/mol. The number of thiazole rings is 1. The first kappa shape index (κ1) is 20.1. The van der Waals surface area contributed by atoms with Gasteiger partial charge in [-0.25, -0.2) is 0 Å². The Morgan fingerprint density at radius 3 is 2.43 bits per heavy atom. The van der Waals surface area contributed by atoms with Crippen molar-refractivity contribution >= 4 is 37.5 Å². The van der Waals surface area contributed by atoms with Crippen molar-refractivity contribution in [2.75, 3.05) is 14.2 Å². The SMILES string of the molecule is COC(=O)Cn1c(=NS(=O)(=O)c2ccc(OC)cc2)sc2c(C)cc(C)cc21. The van der Waals surface area contributed by atoms with Crippen molar-refractivity contribution < 1.29 is 22.7 Å². The zero-order valence-corrected chi connectivity index (χ0v) is 17.6. The molecule has 9 heteroatoms. The van der Waals surface area contributed by atoms with Gasteiger partial charge >= 0.3 is 5.97 Å². The molecule has 0 unspecified atom stereocenters. The third-order valence-corrected chi connectivity index (χ3v) is 6.81. The maximum absolute atomic E-state index is 12.8. The van der Waals surface area contributed by atoms with Crippen LogP contribution in [-0.2, 0) is 26.1 Å². The second kappa shape index (κ2) is 7.76. The highest BCUT2D eigenvalue weighted by atomic mass is 32.2. The number of benzene rings is 2. The van der Waals surface area contributed by atoms with Gasteiger partial charge in [-0.1, -0.05) is 17.4 Å². The summed E-state index contributed by atoms with van der Waals surface area (Å²) in [6, 6.07) is 9.90. The summed E-state index contributed by atoms with van der Waals surface area (Å²) in [6.45, 7) is 3.75. The van der Waals surface area contributed by atoms with Crippen molar-refractivity contribution in [3.8, 4) is 5.75 Å². The molecule has 0 saturated heterocycles. The van der Waals surface area contributed by atoms with Crippen molar-refractivity contribution in [1.29, 1.82) is 0 Å². The number of hydrogen-bond donors (Lipinski definition) is 0. The van der Waals surface area contributed by atoms with Crippen LogP contribution in [0, 0.1) is 13.8 Å². The number of sulfonamides is 1. The first-order valence-electron chi connectivity index (χ1n) is 8.37.